The van der Waals surface area contributed by atoms with Crippen LogP contribution in [-0.2, 0) is 0 Å². The van der Waals surface area contributed by atoms with Crippen molar-refractivity contribution in [3.63, 3.8) is 0 Å². The highest BCUT2D eigenvalue weighted by Gasteiger charge is 2.21. The van der Waals surface area contributed by atoms with Gasteiger partial charge >= 0.3 is 5.69 Å². The summed E-state index contributed by atoms with van der Waals surface area (Å²) in [7, 11) is 0. The Kier molecular flexibility index (Phi) is 1.59. The molecule has 1 aromatic heterocycles. The van der Waals surface area contributed by atoms with Crippen molar-refractivity contribution >= 4 is 16.7 Å². The smallest absolute Gasteiger partial charge is 0.350 e. The minimum atomic E-state index is -0.166. The van der Waals surface area contributed by atoms with Crippen LogP contribution in [0.4, 0.5) is 5.82 Å². The van der Waals surface area contributed by atoms with Crippen molar-refractivity contribution in [2.24, 2.45) is 0 Å². The zero-order chi connectivity index (χ0) is 10.4. The van der Waals surface area contributed by atoms with Gasteiger partial charge in [-0.15, -0.1) is 0 Å². The Hall–Kier alpha value is -1.84. The molecule has 15 heavy (non-hydrogen) atoms. The maximum atomic E-state index is 11.7. The quantitative estimate of drug-likeness (QED) is 0.700. The van der Waals surface area contributed by atoms with Gasteiger partial charge in [-0.3, -0.25) is 4.57 Å². The number of benzene rings is 1. The second-order valence-electron chi connectivity index (χ2n) is 3.86. The standard InChI is InChI=1S/C11H11N3O/c1-7-6-12-10-8-4-2-3-5-9(8)13-11(15)14(7)10/h2-5,7,12H,6H2,1H3/t7-/m1/s1. The molecule has 0 saturated carbocycles. The summed E-state index contributed by atoms with van der Waals surface area (Å²) in [5.74, 6) is 0.901. The molecule has 0 amide bonds. The molecular weight excluding hydrogens is 190 g/mol. The van der Waals surface area contributed by atoms with E-state index in [2.05, 4.69) is 10.3 Å². The maximum Gasteiger partial charge on any atom is 0.350 e. The van der Waals surface area contributed by atoms with Gasteiger partial charge < -0.3 is 5.32 Å². The molecule has 0 aliphatic carbocycles. The Morgan fingerprint density at radius 2 is 2.27 bits per heavy atom. The molecule has 1 aliphatic rings. The summed E-state index contributed by atoms with van der Waals surface area (Å²) in [6.07, 6.45) is 0. The number of aromatic nitrogens is 2. The van der Waals surface area contributed by atoms with Gasteiger partial charge in [0.25, 0.3) is 0 Å². The maximum absolute atomic E-state index is 11.7. The first kappa shape index (κ1) is 8.47. The summed E-state index contributed by atoms with van der Waals surface area (Å²) in [5, 5.41) is 4.27. The number of anilines is 1. The Balaban J connectivity index is 2.49. The molecule has 4 heteroatoms. The topological polar surface area (TPSA) is 46.9 Å². The molecular formula is C11H11N3O. The van der Waals surface area contributed by atoms with Crippen molar-refractivity contribution < 1.29 is 0 Å². The number of rotatable bonds is 0. The van der Waals surface area contributed by atoms with E-state index in [9.17, 15) is 4.79 Å². The average molecular weight is 201 g/mol. The molecule has 76 valence electrons. The number of nitrogens with zero attached hydrogens (tertiary/aromatic N) is 2. The van der Waals surface area contributed by atoms with Gasteiger partial charge in [0.15, 0.2) is 0 Å². The summed E-state index contributed by atoms with van der Waals surface area (Å²) >= 11 is 0. The molecule has 0 unspecified atom stereocenters. The summed E-state index contributed by atoms with van der Waals surface area (Å²) in [5.41, 5.74) is 0.594. The Bertz CT molecular complexity index is 588. The average Bonchev–Trinajstić information content (AvgIpc) is 2.62. The molecule has 2 aromatic rings. The molecule has 0 saturated heterocycles. The van der Waals surface area contributed by atoms with E-state index in [0.717, 1.165) is 23.3 Å². The minimum Gasteiger partial charge on any atom is -0.369 e. The molecule has 1 aliphatic heterocycles. The van der Waals surface area contributed by atoms with Crippen molar-refractivity contribution in [2.75, 3.05) is 11.9 Å². The predicted octanol–water partition coefficient (Wildman–Crippen LogP) is 1.38. The van der Waals surface area contributed by atoms with Crippen molar-refractivity contribution in [1.29, 1.82) is 0 Å². The lowest BCUT2D eigenvalue weighted by Gasteiger charge is -2.07. The molecule has 0 fully saturated rings. The summed E-state index contributed by atoms with van der Waals surface area (Å²) in [6.45, 7) is 2.81. The lowest BCUT2D eigenvalue weighted by atomic mass is 10.2. The second-order valence-corrected chi connectivity index (χ2v) is 3.86. The van der Waals surface area contributed by atoms with Gasteiger partial charge in [0, 0.05) is 11.9 Å². The highest BCUT2D eigenvalue weighted by molar-refractivity contribution is 5.89. The van der Waals surface area contributed by atoms with Crippen LogP contribution >= 0.6 is 0 Å². The molecule has 2 heterocycles. The molecule has 4 nitrogen and oxygen atoms in total. The van der Waals surface area contributed by atoms with Crippen LogP contribution in [0.25, 0.3) is 10.9 Å². The highest BCUT2D eigenvalue weighted by Crippen LogP contribution is 2.26. The third-order valence-corrected chi connectivity index (χ3v) is 2.83. The van der Waals surface area contributed by atoms with Crippen LogP contribution in [0, 0.1) is 0 Å². The SMILES string of the molecule is C[C@@H]1CNc2c3ccccc3nc(=O)n21. The zero-order valence-corrected chi connectivity index (χ0v) is 8.40. The third-order valence-electron chi connectivity index (χ3n) is 2.83. The largest absolute Gasteiger partial charge is 0.369 e. The van der Waals surface area contributed by atoms with Crippen LogP contribution in [0.2, 0.25) is 0 Å². The molecule has 0 bridgehead atoms. The van der Waals surface area contributed by atoms with Crippen molar-refractivity contribution in [3.8, 4) is 0 Å². The van der Waals surface area contributed by atoms with E-state index in [0.29, 0.717) is 0 Å². The lowest BCUT2D eigenvalue weighted by molar-refractivity contribution is 0.599. The molecule has 1 N–H and O–H groups in total. The Morgan fingerprint density at radius 3 is 3.13 bits per heavy atom. The van der Waals surface area contributed by atoms with Crippen LogP contribution in [0.3, 0.4) is 0 Å². The first-order chi connectivity index (χ1) is 7.27. The fourth-order valence-corrected chi connectivity index (χ4v) is 2.08. The Morgan fingerprint density at radius 1 is 1.47 bits per heavy atom. The van der Waals surface area contributed by atoms with Crippen LogP contribution in [0.1, 0.15) is 13.0 Å². The van der Waals surface area contributed by atoms with Crippen molar-refractivity contribution in [2.45, 2.75) is 13.0 Å². The predicted molar refractivity (Wildman–Crippen MR) is 59.2 cm³/mol. The molecule has 1 aromatic carbocycles. The number of fused-ring (bicyclic) bond motifs is 3. The fourth-order valence-electron chi connectivity index (χ4n) is 2.08. The van der Waals surface area contributed by atoms with Crippen LogP contribution < -0.4 is 11.0 Å². The van der Waals surface area contributed by atoms with Gasteiger partial charge in [-0.2, -0.15) is 4.98 Å². The normalized spacial score (nSPS) is 18.9. The van der Waals surface area contributed by atoms with Crippen LogP contribution in [-0.4, -0.2) is 16.1 Å². The van der Waals surface area contributed by atoms with E-state index in [1.807, 2.05) is 31.2 Å². The number of para-hydroxylation sites is 1. The highest BCUT2D eigenvalue weighted by atomic mass is 16.1. The summed E-state index contributed by atoms with van der Waals surface area (Å²) < 4.78 is 1.72. The minimum absolute atomic E-state index is 0.166. The lowest BCUT2D eigenvalue weighted by Crippen LogP contribution is -2.23. The van der Waals surface area contributed by atoms with E-state index in [1.54, 1.807) is 4.57 Å². The number of hydrogen-bond acceptors (Lipinski definition) is 3. The van der Waals surface area contributed by atoms with Crippen molar-refractivity contribution in [3.05, 3.63) is 34.7 Å². The molecule has 0 spiro atoms. The van der Waals surface area contributed by atoms with Gasteiger partial charge in [0.05, 0.1) is 11.6 Å². The van der Waals surface area contributed by atoms with E-state index in [4.69, 9.17) is 0 Å². The number of hydrogen-bond donors (Lipinski definition) is 1. The zero-order valence-electron chi connectivity index (χ0n) is 8.40. The number of nitrogens with one attached hydrogen (secondary N) is 1. The molecule has 3 rings (SSSR count). The van der Waals surface area contributed by atoms with Gasteiger partial charge in [0.1, 0.15) is 5.82 Å². The second kappa shape index (κ2) is 2.82. The molecule has 0 radical (unpaired) electrons. The summed E-state index contributed by atoms with van der Waals surface area (Å²) in [6, 6.07) is 7.88. The Labute approximate surface area is 86.6 Å². The monoisotopic (exact) mass is 201 g/mol. The third kappa shape index (κ3) is 1.08. The first-order valence-corrected chi connectivity index (χ1v) is 5.02. The first-order valence-electron chi connectivity index (χ1n) is 5.02. The fraction of sp³-hybridized carbons (Fsp3) is 0.273. The molecule has 1 atom stereocenters. The van der Waals surface area contributed by atoms with E-state index < -0.39 is 0 Å². The van der Waals surface area contributed by atoms with Crippen molar-refractivity contribution in [1.82, 2.24) is 9.55 Å². The summed E-state index contributed by atoms with van der Waals surface area (Å²) in [4.78, 5) is 15.8. The van der Waals surface area contributed by atoms with E-state index in [-0.39, 0.29) is 11.7 Å². The van der Waals surface area contributed by atoms with Gasteiger partial charge in [0.2, 0.25) is 0 Å². The van der Waals surface area contributed by atoms with Gasteiger partial charge in [-0.1, -0.05) is 12.1 Å². The van der Waals surface area contributed by atoms with Gasteiger partial charge in [-0.25, -0.2) is 4.79 Å². The van der Waals surface area contributed by atoms with Gasteiger partial charge in [-0.05, 0) is 19.1 Å². The van der Waals surface area contributed by atoms with E-state index in [1.165, 1.54) is 0 Å². The van der Waals surface area contributed by atoms with Crippen LogP contribution in [0.15, 0.2) is 29.1 Å². The van der Waals surface area contributed by atoms with E-state index >= 15 is 0 Å². The van der Waals surface area contributed by atoms with Crippen LogP contribution in [0.5, 0.6) is 0 Å².